The predicted molar refractivity (Wildman–Crippen MR) is 104 cm³/mol. The summed E-state index contributed by atoms with van der Waals surface area (Å²) in [7, 11) is 0. The first kappa shape index (κ1) is 19.3. The van der Waals surface area contributed by atoms with Gasteiger partial charge in [-0.2, -0.15) is 0 Å². The maximum absolute atomic E-state index is 12.4. The van der Waals surface area contributed by atoms with Crippen LogP contribution in [0.4, 0.5) is 4.79 Å². The Labute approximate surface area is 164 Å². The van der Waals surface area contributed by atoms with E-state index in [1.54, 1.807) is 18.2 Å². The van der Waals surface area contributed by atoms with E-state index in [0.29, 0.717) is 28.4 Å². The number of carboxylic acid groups (broad SMARTS) is 1. The summed E-state index contributed by atoms with van der Waals surface area (Å²) >= 11 is 6.76. The molecule has 140 valence electrons. The van der Waals surface area contributed by atoms with Crippen molar-refractivity contribution in [3.63, 3.8) is 0 Å². The van der Waals surface area contributed by atoms with Gasteiger partial charge in [-0.1, -0.05) is 18.5 Å². The highest BCUT2D eigenvalue weighted by atomic mass is 35.5. The number of hydrogen-bond donors (Lipinski definition) is 1. The van der Waals surface area contributed by atoms with Crippen LogP contribution in [0.25, 0.3) is 17.4 Å². The minimum atomic E-state index is -1.13. The van der Waals surface area contributed by atoms with Crippen LogP contribution in [0.15, 0.2) is 39.7 Å². The Morgan fingerprint density at radius 1 is 1.33 bits per heavy atom. The smallest absolute Gasteiger partial charge is 0.337 e. The quantitative estimate of drug-likeness (QED) is 0.693. The summed E-state index contributed by atoms with van der Waals surface area (Å²) in [6, 6.07) is 7.71. The van der Waals surface area contributed by atoms with Gasteiger partial charge in [-0.25, -0.2) is 4.79 Å². The van der Waals surface area contributed by atoms with Crippen LogP contribution in [0.5, 0.6) is 0 Å². The topological polar surface area (TPSA) is 87.8 Å². The molecule has 0 spiro atoms. The van der Waals surface area contributed by atoms with Crippen LogP contribution < -0.4 is 0 Å². The molecule has 0 bridgehead atoms. The Hall–Kier alpha value is -2.51. The van der Waals surface area contributed by atoms with Crippen LogP contribution >= 0.6 is 23.4 Å². The van der Waals surface area contributed by atoms with Gasteiger partial charge in [-0.05, 0) is 55.4 Å². The molecule has 27 heavy (non-hydrogen) atoms. The number of halogens is 1. The lowest BCUT2D eigenvalue weighted by atomic mass is 10.1. The monoisotopic (exact) mass is 405 g/mol. The Morgan fingerprint density at radius 2 is 2.07 bits per heavy atom. The number of rotatable bonds is 5. The van der Waals surface area contributed by atoms with Crippen molar-refractivity contribution < 1.29 is 23.9 Å². The molecule has 1 aromatic heterocycles. The van der Waals surface area contributed by atoms with Gasteiger partial charge < -0.3 is 9.52 Å². The summed E-state index contributed by atoms with van der Waals surface area (Å²) in [6.45, 7) is 3.73. The molecule has 1 N–H and O–H groups in total. The fourth-order valence-corrected chi connectivity index (χ4v) is 3.71. The molecule has 1 saturated heterocycles. The number of thioether (sulfide) groups is 1. The molecule has 0 unspecified atom stereocenters. The number of nitrogens with zero attached hydrogens (tertiary/aromatic N) is 1. The van der Waals surface area contributed by atoms with Crippen LogP contribution in [-0.4, -0.2) is 33.2 Å². The molecule has 1 fully saturated rings. The van der Waals surface area contributed by atoms with Gasteiger partial charge in [0.05, 0.1) is 15.5 Å². The molecule has 0 saturated carbocycles. The number of carbonyl (C=O) groups is 3. The predicted octanol–water partition coefficient (Wildman–Crippen LogP) is 5.13. The molecular formula is C19H16ClNO5S. The van der Waals surface area contributed by atoms with Crippen LogP contribution in [-0.2, 0) is 4.79 Å². The van der Waals surface area contributed by atoms with E-state index in [1.807, 2.05) is 13.8 Å². The minimum Gasteiger partial charge on any atom is -0.478 e. The Kier molecular flexibility index (Phi) is 5.43. The summed E-state index contributed by atoms with van der Waals surface area (Å²) in [6.07, 6.45) is 2.20. The first-order chi connectivity index (χ1) is 12.8. The van der Waals surface area contributed by atoms with Gasteiger partial charge in [0.15, 0.2) is 0 Å². The van der Waals surface area contributed by atoms with Crippen LogP contribution in [0, 0.1) is 0 Å². The van der Waals surface area contributed by atoms with Gasteiger partial charge in [-0.15, -0.1) is 0 Å². The number of carbonyl (C=O) groups excluding carboxylic acids is 2. The lowest BCUT2D eigenvalue weighted by molar-refractivity contribution is -0.124. The second kappa shape index (κ2) is 7.62. The summed E-state index contributed by atoms with van der Waals surface area (Å²) < 4.78 is 5.70. The van der Waals surface area contributed by atoms with E-state index in [2.05, 4.69) is 0 Å². The number of imide groups is 1. The summed E-state index contributed by atoms with van der Waals surface area (Å²) in [5.41, 5.74) is 0.519. The molecule has 6 nitrogen and oxygen atoms in total. The molecule has 1 atom stereocenters. The minimum absolute atomic E-state index is 0.0261. The number of hydrogen-bond acceptors (Lipinski definition) is 5. The summed E-state index contributed by atoms with van der Waals surface area (Å²) in [4.78, 5) is 37.3. The zero-order valence-electron chi connectivity index (χ0n) is 14.6. The third-order valence-electron chi connectivity index (χ3n) is 4.24. The number of furan rings is 1. The van der Waals surface area contributed by atoms with E-state index in [0.717, 1.165) is 11.8 Å². The first-order valence-corrected chi connectivity index (χ1v) is 9.41. The molecular weight excluding hydrogens is 390 g/mol. The molecule has 2 amide bonds. The van der Waals surface area contributed by atoms with Gasteiger partial charge in [0.2, 0.25) is 0 Å². The second-order valence-electron chi connectivity index (χ2n) is 6.01. The molecule has 0 radical (unpaired) electrons. The van der Waals surface area contributed by atoms with Crippen LogP contribution in [0.1, 0.15) is 36.4 Å². The third kappa shape index (κ3) is 3.79. The number of carboxylic acids is 1. The van der Waals surface area contributed by atoms with Crippen molar-refractivity contribution in [3.8, 4) is 11.3 Å². The van der Waals surface area contributed by atoms with Crippen molar-refractivity contribution >= 4 is 46.6 Å². The zero-order chi connectivity index (χ0) is 19.7. The maximum Gasteiger partial charge on any atom is 0.337 e. The molecule has 8 heteroatoms. The van der Waals surface area contributed by atoms with Crippen molar-refractivity contribution in [1.29, 1.82) is 0 Å². The zero-order valence-corrected chi connectivity index (χ0v) is 16.1. The van der Waals surface area contributed by atoms with E-state index < -0.39 is 5.97 Å². The Balaban J connectivity index is 1.88. The lowest BCUT2D eigenvalue weighted by Crippen LogP contribution is -2.36. The van der Waals surface area contributed by atoms with E-state index >= 15 is 0 Å². The Morgan fingerprint density at radius 3 is 2.74 bits per heavy atom. The average Bonchev–Trinajstić information content (AvgIpc) is 3.19. The third-order valence-corrected chi connectivity index (χ3v) is 5.45. The van der Waals surface area contributed by atoms with Gasteiger partial charge in [0, 0.05) is 17.7 Å². The van der Waals surface area contributed by atoms with Crippen molar-refractivity contribution in [2.45, 2.75) is 26.3 Å². The highest BCUT2D eigenvalue weighted by molar-refractivity contribution is 8.18. The average molecular weight is 406 g/mol. The molecule has 2 aromatic rings. The normalized spacial score (nSPS) is 17.0. The highest BCUT2D eigenvalue weighted by Crippen LogP contribution is 2.35. The summed E-state index contributed by atoms with van der Waals surface area (Å²) in [5, 5.41) is 9.02. The standard InChI is InChI=1S/C19H16ClNO5S/c1-3-10(2)21-17(22)16(27-19(21)25)9-12-5-7-15(26-12)11-4-6-14(20)13(8-11)18(23)24/h4-10H,3H2,1-2H3,(H,23,24)/b16-9-/t10-/m1/s1. The lowest BCUT2D eigenvalue weighted by Gasteiger charge is -2.19. The fourth-order valence-electron chi connectivity index (χ4n) is 2.60. The summed E-state index contributed by atoms with van der Waals surface area (Å²) in [5.74, 6) is -0.641. The van der Waals surface area contributed by atoms with Gasteiger partial charge in [0.25, 0.3) is 11.1 Å². The molecule has 3 rings (SSSR count). The number of amides is 2. The van der Waals surface area contributed by atoms with Crippen molar-refractivity contribution in [3.05, 3.63) is 51.6 Å². The molecule has 0 aliphatic carbocycles. The highest BCUT2D eigenvalue weighted by Gasteiger charge is 2.37. The largest absolute Gasteiger partial charge is 0.478 e. The molecule has 1 aliphatic rings. The van der Waals surface area contributed by atoms with Crippen molar-refractivity contribution in [2.75, 3.05) is 0 Å². The first-order valence-electron chi connectivity index (χ1n) is 8.22. The number of aromatic carboxylic acids is 1. The van der Waals surface area contributed by atoms with Gasteiger partial charge in [0.1, 0.15) is 11.5 Å². The van der Waals surface area contributed by atoms with Gasteiger partial charge in [-0.3, -0.25) is 14.5 Å². The molecule has 1 aliphatic heterocycles. The molecule has 1 aromatic carbocycles. The van der Waals surface area contributed by atoms with E-state index in [-0.39, 0.29) is 27.8 Å². The number of benzene rings is 1. The fraction of sp³-hybridized carbons (Fsp3) is 0.211. The maximum atomic E-state index is 12.4. The second-order valence-corrected chi connectivity index (χ2v) is 7.41. The van der Waals surface area contributed by atoms with Crippen molar-refractivity contribution in [2.24, 2.45) is 0 Å². The van der Waals surface area contributed by atoms with Crippen LogP contribution in [0.3, 0.4) is 0 Å². The Bertz CT molecular complexity index is 965. The van der Waals surface area contributed by atoms with E-state index in [4.69, 9.17) is 16.0 Å². The van der Waals surface area contributed by atoms with E-state index in [1.165, 1.54) is 23.1 Å². The SMILES string of the molecule is CC[C@@H](C)N1C(=O)S/C(=C\c2ccc(-c3ccc(Cl)c(C(=O)O)c3)o2)C1=O. The van der Waals surface area contributed by atoms with Gasteiger partial charge >= 0.3 is 5.97 Å². The van der Waals surface area contributed by atoms with Crippen LogP contribution in [0.2, 0.25) is 5.02 Å². The molecule has 2 heterocycles. The van der Waals surface area contributed by atoms with Crippen molar-refractivity contribution in [1.82, 2.24) is 4.90 Å². The van der Waals surface area contributed by atoms with E-state index in [9.17, 15) is 19.5 Å².